The third kappa shape index (κ3) is 7.20. The molecule has 3 heterocycles. The molecule has 2 aliphatic heterocycles. The maximum absolute atomic E-state index is 13.9. The molecule has 1 aliphatic carbocycles. The van der Waals surface area contributed by atoms with Gasteiger partial charge in [0.1, 0.15) is 22.9 Å². The number of ether oxygens (including phenoxy) is 3. The number of H-pyrrole nitrogens is 1. The molecule has 212 valence electrons. The number of rotatable bonds is 11. The van der Waals surface area contributed by atoms with Crippen LogP contribution in [-0.4, -0.2) is 61.0 Å². The molecular weight excluding hydrogens is 501 g/mol. The third-order valence-corrected chi connectivity index (χ3v) is 7.46. The fraction of sp³-hybridized carbons (Fsp3) is 0.533. The molecule has 1 aromatic heterocycles. The summed E-state index contributed by atoms with van der Waals surface area (Å²) in [6.45, 7) is 9.83. The summed E-state index contributed by atoms with van der Waals surface area (Å²) >= 11 is 0. The van der Waals surface area contributed by atoms with Crippen molar-refractivity contribution >= 4 is 11.8 Å². The van der Waals surface area contributed by atoms with E-state index in [9.17, 15) is 14.0 Å². The van der Waals surface area contributed by atoms with Gasteiger partial charge in [0.15, 0.2) is 0 Å². The number of amides is 1. The Morgan fingerprint density at radius 2 is 1.97 bits per heavy atom. The monoisotopic (exact) mass is 541 g/mol. The molecule has 1 N–H and O–H groups in total. The number of halogens is 1. The Morgan fingerprint density at radius 3 is 2.64 bits per heavy atom. The third-order valence-electron chi connectivity index (χ3n) is 7.46. The number of aromatic amines is 1. The molecule has 3 aliphatic rings. The van der Waals surface area contributed by atoms with Crippen molar-refractivity contribution in [2.24, 2.45) is 5.92 Å². The van der Waals surface area contributed by atoms with Crippen LogP contribution in [0.5, 0.6) is 0 Å². The van der Waals surface area contributed by atoms with Crippen LogP contribution in [0.25, 0.3) is 0 Å². The summed E-state index contributed by atoms with van der Waals surface area (Å²) in [6, 6.07) is 3.06. The lowest BCUT2D eigenvalue weighted by Crippen LogP contribution is -2.48. The first-order valence-electron chi connectivity index (χ1n) is 14.0. The van der Waals surface area contributed by atoms with Gasteiger partial charge in [0.05, 0.1) is 25.4 Å². The van der Waals surface area contributed by atoms with Gasteiger partial charge < -0.3 is 24.1 Å². The highest BCUT2D eigenvalue weighted by atomic mass is 19.1. The van der Waals surface area contributed by atoms with Gasteiger partial charge in [0, 0.05) is 62.7 Å². The van der Waals surface area contributed by atoms with Crippen LogP contribution in [0.2, 0.25) is 0 Å². The van der Waals surface area contributed by atoms with E-state index < -0.39 is 5.60 Å². The predicted octanol–water partition coefficient (Wildman–Crippen LogP) is 5.61. The molecule has 1 spiro atoms. The number of carbonyl (C=O) groups is 1. The number of allylic oxidation sites excluding steroid dienone is 6. The SMILES string of the molecule is CC=CC(F)=CCCC1=C(OCC)CC(CN2CCC3(CC2)CN(c2ccc(=O)[nH]c2)C(=O)O3)C=C1OCC. The van der Waals surface area contributed by atoms with Crippen molar-refractivity contribution in [2.45, 2.75) is 58.5 Å². The molecule has 8 nitrogen and oxygen atoms in total. The van der Waals surface area contributed by atoms with Crippen LogP contribution in [0.4, 0.5) is 14.9 Å². The van der Waals surface area contributed by atoms with E-state index in [4.69, 9.17) is 14.2 Å². The molecule has 39 heavy (non-hydrogen) atoms. The Kier molecular flexibility index (Phi) is 9.67. The lowest BCUT2D eigenvalue weighted by Gasteiger charge is -2.39. The molecule has 0 aromatic carbocycles. The van der Waals surface area contributed by atoms with Crippen LogP contribution in [-0.2, 0) is 14.2 Å². The number of nitrogens with one attached hydrogen (secondary N) is 1. The van der Waals surface area contributed by atoms with E-state index in [1.807, 2.05) is 13.8 Å². The molecule has 1 aromatic rings. The predicted molar refractivity (Wildman–Crippen MR) is 149 cm³/mol. The van der Waals surface area contributed by atoms with Gasteiger partial charge in [-0.1, -0.05) is 6.08 Å². The zero-order chi connectivity index (χ0) is 27.8. The van der Waals surface area contributed by atoms with Gasteiger partial charge in [-0.3, -0.25) is 9.69 Å². The van der Waals surface area contributed by atoms with Gasteiger partial charge in [-0.25, -0.2) is 9.18 Å². The molecule has 1 unspecified atom stereocenters. The Morgan fingerprint density at radius 1 is 1.21 bits per heavy atom. The molecule has 1 amide bonds. The highest BCUT2D eigenvalue weighted by molar-refractivity contribution is 5.90. The second-order valence-electron chi connectivity index (χ2n) is 10.2. The average Bonchev–Trinajstić information content (AvgIpc) is 3.23. The number of aromatic nitrogens is 1. The van der Waals surface area contributed by atoms with Gasteiger partial charge in [-0.15, -0.1) is 0 Å². The van der Waals surface area contributed by atoms with Gasteiger partial charge in [-0.05, 0) is 57.9 Å². The second kappa shape index (κ2) is 13.2. The summed E-state index contributed by atoms with van der Waals surface area (Å²) in [4.78, 5) is 30.7. The van der Waals surface area contributed by atoms with E-state index in [2.05, 4.69) is 16.0 Å². The topological polar surface area (TPSA) is 84.1 Å². The molecule has 1 atom stereocenters. The first-order chi connectivity index (χ1) is 18.9. The fourth-order valence-electron chi connectivity index (χ4n) is 5.57. The van der Waals surface area contributed by atoms with Crippen LogP contribution >= 0.6 is 0 Å². The molecule has 0 bridgehead atoms. The molecule has 2 fully saturated rings. The van der Waals surface area contributed by atoms with Gasteiger partial charge >= 0.3 is 6.09 Å². The van der Waals surface area contributed by atoms with Crippen molar-refractivity contribution in [3.63, 3.8) is 0 Å². The van der Waals surface area contributed by atoms with E-state index in [0.717, 1.165) is 56.0 Å². The quantitative estimate of drug-likeness (QED) is 0.367. The van der Waals surface area contributed by atoms with Crippen LogP contribution in [0.15, 0.2) is 70.3 Å². The summed E-state index contributed by atoms with van der Waals surface area (Å²) in [5, 5.41) is 0. The van der Waals surface area contributed by atoms with Crippen molar-refractivity contribution in [3.8, 4) is 0 Å². The first-order valence-corrected chi connectivity index (χ1v) is 14.0. The number of hydrogen-bond acceptors (Lipinski definition) is 6. The molecule has 4 rings (SSSR count). The number of carbonyl (C=O) groups excluding carboxylic acids is 1. The van der Waals surface area contributed by atoms with Crippen molar-refractivity contribution in [2.75, 3.05) is 44.3 Å². The number of pyridine rings is 1. The lowest BCUT2D eigenvalue weighted by atomic mass is 9.88. The Bertz CT molecular complexity index is 1170. The minimum absolute atomic E-state index is 0.205. The van der Waals surface area contributed by atoms with E-state index >= 15 is 0 Å². The summed E-state index contributed by atoms with van der Waals surface area (Å²) in [5.41, 5.74) is 0.948. The van der Waals surface area contributed by atoms with Gasteiger partial charge in [0.2, 0.25) is 5.56 Å². The summed E-state index contributed by atoms with van der Waals surface area (Å²) < 4.78 is 31.8. The van der Waals surface area contributed by atoms with E-state index in [0.29, 0.717) is 38.3 Å². The molecule has 9 heteroatoms. The molecular formula is C30H40FN3O5. The Hall–Kier alpha value is -3.33. The summed E-state index contributed by atoms with van der Waals surface area (Å²) in [6.07, 6.45) is 11.6. The largest absolute Gasteiger partial charge is 0.498 e. The fourth-order valence-corrected chi connectivity index (χ4v) is 5.57. The highest BCUT2D eigenvalue weighted by Crippen LogP contribution is 2.37. The Labute approximate surface area is 229 Å². The van der Waals surface area contributed by atoms with Crippen molar-refractivity contribution in [3.05, 3.63) is 75.9 Å². The summed E-state index contributed by atoms with van der Waals surface area (Å²) in [7, 11) is 0. The second-order valence-corrected chi connectivity index (χ2v) is 10.2. The number of likely N-dealkylation sites (tertiary alicyclic amines) is 1. The Balaban J connectivity index is 1.38. The number of anilines is 1. The van der Waals surface area contributed by atoms with Crippen molar-refractivity contribution in [1.29, 1.82) is 0 Å². The minimum atomic E-state index is -0.512. The van der Waals surface area contributed by atoms with Gasteiger partial charge in [0.25, 0.3) is 0 Å². The van der Waals surface area contributed by atoms with Crippen LogP contribution in [0, 0.1) is 5.92 Å². The number of nitrogens with zero attached hydrogens (tertiary/aromatic N) is 2. The van der Waals surface area contributed by atoms with E-state index in [1.165, 1.54) is 12.1 Å². The normalized spacial score (nSPS) is 22.0. The lowest BCUT2D eigenvalue weighted by molar-refractivity contribution is -0.00174. The number of hydrogen-bond donors (Lipinski definition) is 1. The first kappa shape index (κ1) is 28.7. The smallest absolute Gasteiger partial charge is 0.415 e. The standard InChI is InChI=1S/C30H40FN3O5/c1-4-8-23(31)9-7-10-25-26(37-5-2)17-22(18-27(25)38-6-3)20-33-15-13-30(14-16-33)21-34(29(36)39-30)24-11-12-28(35)32-19-24/h4,8-9,11-12,17,19,22H,5-7,10,13-16,18,20-21H2,1-3H3,(H,32,35). The maximum atomic E-state index is 13.9. The van der Waals surface area contributed by atoms with Crippen LogP contribution in [0.3, 0.4) is 0 Å². The van der Waals surface area contributed by atoms with Crippen molar-refractivity contribution in [1.82, 2.24) is 9.88 Å². The minimum Gasteiger partial charge on any atom is -0.498 e. The maximum Gasteiger partial charge on any atom is 0.415 e. The summed E-state index contributed by atoms with van der Waals surface area (Å²) in [5.74, 6) is 1.77. The van der Waals surface area contributed by atoms with E-state index in [1.54, 1.807) is 36.2 Å². The zero-order valence-electron chi connectivity index (χ0n) is 23.2. The average molecular weight is 542 g/mol. The van der Waals surface area contributed by atoms with Crippen molar-refractivity contribution < 1.29 is 23.4 Å². The molecule has 0 radical (unpaired) electrons. The van der Waals surface area contributed by atoms with Crippen LogP contribution in [0.1, 0.15) is 52.9 Å². The van der Waals surface area contributed by atoms with Gasteiger partial charge in [-0.2, -0.15) is 0 Å². The molecule has 0 saturated carbocycles. The molecule has 2 saturated heterocycles. The number of piperidine rings is 1. The zero-order valence-corrected chi connectivity index (χ0v) is 23.2. The van der Waals surface area contributed by atoms with E-state index in [-0.39, 0.29) is 23.4 Å². The van der Waals surface area contributed by atoms with Crippen LogP contribution < -0.4 is 10.5 Å². The highest BCUT2D eigenvalue weighted by Gasteiger charge is 2.47.